The lowest BCUT2D eigenvalue weighted by Crippen LogP contribution is -2.28. The Morgan fingerprint density at radius 3 is 2.80 bits per heavy atom. The van der Waals surface area contributed by atoms with Crippen LogP contribution in [0.15, 0.2) is 18.2 Å². The number of aromatic nitrogens is 4. The lowest BCUT2D eigenvalue weighted by Gasteiger charge is -2.12. The van der Waals surface area contributed by atoms with E-state index in [4.69, 9.17) is 14.5 Å². The minimum Gasteiger partial charge on any atom is -0.497 e. The van der Waals surface area contributed by atoms with Crippen molar-refractivity contribution < 1.29 is 14.3 Å². The first-order valence-corrected chi connectivity index (χ1v) is 10.5. The van der Waals surface area contributed by atoms with Gasteiger partial charge in [-0.05, 0) is 57.6 Å². The standard InChI is InChI=1S/C21H28N6O3/c1-14-25-26-20-19(24-17-13-16(29-2)9-10-18(17)27(14)20)22-11-5-6-12-23-21(28)30-15-7-3-4-8-15/h9-10,13,15H,3-8,11-12H2,1-2H3,(H,22,24)(H,23,28). The van der Waals surface area contributed by atoms with Crippen molar-refractivity contribution in [3.05, 3.63) is 24.0 Å². The second-order valence-electron chi connectivity index (χ2n) is 7.59. The van der Waals surface area contributed by atoms with E-state index < -0.39 is 0 Å². The van der Waals surface area contributed by atoms with Crippen molar-refractivity contribution in [1.82, 2.24) is 24.9 Å². The molecule has 0 radical (unpaired) electrons. The molecule has 2 aromatic heterocycles. The molecule has 1 aliphatic rings. The Morgan fingerprint density at radius 1 is 1.20 bits per heavy atom. The van der Waals surface area contributed by atoms with Crippen LogP contribution in [0.4, 0.5) is 10.6 Å². The Kier molecular flexibility index (Phi) is 6.15. The first kappa shape index (κ1) is 20.2. The minimum absolute atomic E-state index is 0.0956. The zero-order valence-corrected chi connectivity index (χ0v) is 17.5. The van der Waals surface area contributed by atoms with Crippen molar-refractivity contribution in [3.8, 4) is 5.75 Å². The molecule has 0 unspecified atom stereocenters. The van der Waals surface area contributed by atoms with Gasteiger partial charge in [0.1, 0.15) is 17.7 Å². The number of aryl methyl sites for hydroxylation is 1. The van der Waals surface area contributed by atoms with Gasteiger partial charge in [0, 0.05) is 19.2 Å². The molecule has 2 N–H and O–H groups in total. The van der Waals surface area contributed by atoms with Gasteiger partial charge in [0.05, 0.1) is 18.1 Å². The number of methoxy groups -OCH3 is 1. The fourth-order valence-corrected chi connectivity index (χ4v) is 3.85. The van der Waals surface area contributed by atoms with E-state index in [-0.39, 0.29) is 12.2 Å². The SMILES string of the molecule is COc1ccc2c(c1)nc(NCCCCNC(=O)OC1CCCC1)c1nnc(C)n12. The molecular weight excluding hydrogens is 384 g/mol. The van der Waals surface area contributed by atoms with Gasteiger partial charge in [-0.3, -0.25) is 4.40 Å². The summed E-state index contributed by atoms with van der Waals surface area (Å²) in [6.07, 6.45) is 5.78. The summed E-state index contributed by atoms with van der Waals surface area (Å²) in [6, 6.07) is 5.77. The average molecular weight is 412 g/mol. The lowest BCUT2D eigenvalue weighted by atomic mass is 10.2. The molecular formula is C21H28N6O3. The van der Waals surface area contributed by atoms with Crippen LogP contribution in [-0.4, -0.2) is 52.0 Å². The number of hydrogen-bond donors (Lipinski definition) is 2. The van der Waals surface area contributed by atoms with E-state index in [1.807, 2.05) is 29.5 Å². The summed E-state index contributed by atoms with van der Waals surface area (Å²) in [5.74, 6) is 2.24. The fourth-order valence-electron chi connectivity index (χ4n) is 3.85. The van der Waals surface area contributed by atoms with Crippen molar-refractivity contribution in [2.75, 3.05) is 25.5 Å². The van der Waals surface area contributed by atoms with E-state index in [2.05, 4.69) is 20.8 Å². The van der Waals surface area contributed by atoms with E-state index >= 15 is 0 Å². The van der Waals surface area contributed by atoms with Crippen LogP contribution in [0.3, 0.4) is 0 Å². The number of amides is 1. The van der Waals surface area contributed by atoms with Crippen LogP contribution in [0.1, 0.15) is 44.3 Å². The second-order valence-corrected chi connectivity index (χ2v) is 7.59. The summed E-state index contributed by atoms with van der Waals surface area (Å²) in [6.45, 7) is 3.22. The molecule has 0 saturated heterocycles. The van der Waals surface area contributed by atoms with Crippen LogP contribution in [0.5, 0.6) is 5.75 Å². The number of unbranched alkanes of at least 4 members (excludes halogenated alkanes) is 1. The van der Waals surface area contributed by atoms with E-state index in [1.54, 1.807) is 7.11 Å². The Bertz CT molecular complexity index is 1030. The highest BCUT2D eigenvalue weighted by molar-refractivity contribution is 5.84. The van der Waals surface area contributed by atoms with Gasteiger partial charge in [0.2, 0.25) is 5.65 Å². The maximum atomic E-state index is 11.8. The molecule has 1 fully saturated rings. The molecule has 1 saturated carbocycles. The van der Waals surface area contributed by atoms with Crippen molar-refractivity contribution in [2.45, 2.75) is 51.6 Å². The summed E-state index contributed by atoms with van der Waals surface area (Å²) in [5, 5.41) is 14.7. The van der Waals surface area contributed by atoms with Crippen LogP contribution >= 0.6 is 0 Å². The monoisotopic (exact) mass is 412 g/mol. The summed E-state index contributed by atoms with van der Waals surface area (Å²) in [5.41, 5.74) is 2.44. The molecule has 9 nitrogen and oxygen atoms in total. The van der Waals surface area contributed by atoms with E-state index in [1.165, 1.54) is 0 Å². The largest absolute Gasteiger partial charge is 0.497 e. The highest BCUT2D eigenvalue weighted by Gasteiger charge is 2.18. The molecule has 30 heavy (non-hydrogen) atoms. The molecule has 9 heteroatoms. The Labute approximate surface area is 175 Å². The zero-order valence-electron chi connectivity index (χ0n) is 17.5. The highest BCUT2D eigenvalue weighted by atomic mass is 16.6. The predicted octanol–water partition coefficient (Wildman–Crippen LogP) is 3.46. The van der Waals surface area contributed by atoms with E-state index in [0.29, 0.717) is 24.6 Å². The van der Waals surface area contributed by atoms with Gasteiger partial charge in [0.25, 0.3) is 0 Å². The topological polar surface area (TPSA) is 103 Å². The summed E-state index contributed by atoms with van der Waals surface area (Å²) >= 11 is 0. The van der Waals surface area contributed by atoms with Gasteiger partial charge >= 0.3 is 6.09 Å². The van der Waals surface area contributed by atoms with Crippen molar-refractivity contribution in [1.29, 1.82) is 0 Å². The molecule has 0 spiro atoms. The van der Waals surface area contributed by atoms with Crippen LogP contribution < -0.4 is 15.4 Å². The van der Waals surface area contributed by atoms with Crippen LogP contribution in [0.25, 0.3) is 16.7 Å². The molecule has 1 aromatic carbocycles. The predicted molar refractivity (Wildman–Crippen MR) is 114 cm³/mol. The number of carbonyl (C=O) groups is 1. The number of nitrogens with one attached hydrogen (secondary N) is 2. The number of ether oxygens (including phenoxy) is 2. The Balaban J connectivity index is 1.32. The third kappa shape index (κ3) is 4.39. The van der Waals surface area contributed by atoms with Crippen LogP contribution in [0, 0.1) is 6.92 Å². The summed E-state index contributed by atoms with van der Waals surface area (Å²) < 4.78 is 12.7. The number of hydrogen-bond acceptors (Lipinski definition) is 7. The van der Waals surface area contributed by atoms with Crippen LogP contribution in [-0.2, 0) is 4.74 Å². The fraction of sp³-hybridized carbons (Fsp3) is 0.524. The smallest absolute Gasteiger partial charge is 0.407 e. The van der Waals surface area contributed by atoms with Crippen LogP contribution in [0.2, 0.25) is 0 Å². The molecule has 4 rings (SSSR count). The molecule has 160 valence electrons. The highest BCUT2D eigenvalue weighted by Crippen LogP contribution is 2.25. The van der Waals surface area contributed by atoms with Crippen molar-refractivity contribution in [3.63, 3.8) is 0 Å². The van der Waals surface area contributed by atoms with Gasteiger partial charge in [-0.2, -0.15) is 0 Å². The molecule has 1 aliphatic carbocycles. The molecule has 0 atom stereocenters. The quantitative estimate of drug-likeness (QED) is 0.546. The number of nitrogens with zero attached hydrogens (tertiary/aromatic N) is 4. The van der Waals surface area contributed by atoms with E-state index in [9.17, 15) is 4.79 Å². The van der Waals surface area contributed by atoms with Gasteiger partial charge < -0.3 is 20.1 Å². The Morgan fingerprint density at radius 2 is 2.00 bits per heavy atom. The number of anilines is 1. The Hall–Kier alpha value is -3.10. The molecule has 1 amide bonds. The third-order valence-corrected chi connectivity index (χ3v) is 5.43. The second kappa shape index (κ2) is 9.15. The van der Waals surface area contributed by atoms with Crippen molar-refractivity contribution in [2.24, 2.45) is 0 Å². The van der Waals surface area contributed by atoms with Crippen molar-refractivity contribution >= 4 is 28.6 Å². The van der Waals surface area contributed by atoms with Gasteiger partial charge in [-0.15, -0.1) is 10.2 Å². The maximum absolute atomic E-state index is 11.8. The van der Waals surface area contributed by atoms with E-state index in [0.717, 1.165) is 61.1 Å². The maximum Gasteiger partial charge on any atom is 0.407 e. The first-order valence-electron chi connectivity index (χ1n) is 10.5. The minimum atomic E-state index is -0.305. The molecule has 0 aliphatic heterocycles. The summed E-state index contributed by atoms with van der Waals surface area (Å²) in [4.78, 5) is 16.5. The lowest BCUT2D eigenvalue weighted by molar-refractivity contribution is 0.101. The molecule has 2 heterocycles. The number of alkyl carbamates (subject to hydrolysis) is 1. The number of carbonyl (C=O) groups excluding carboxylic acids is 1. The number of rotatable bonds is 8. The zero-order chi connectivity index (χ0) is 20.9. The first-order chi connectivity index (χ1) is 14.7. The average Bonchev–Trinajstić information content (AvgIpc) is 3.40. The third-order valence-electron chi connectivity index (χ3n) is 5.43. The normalized spacial score (nSPS) is 14.3. The van der Waals surface area contributed by atoms with Gasteiger partial charge in [-0.1, -0.05) is 0 Å². The molecule has 3 aromatic rings. The summed E-state index contributed by atoms with van der Waals surface area (Å²) in [7, 11) is 1.64. The number of benzene rings is 1. The number of fused-ring (bicyclic) bond motifs is 3. The van der Waals surface area contributed by atoms with Gasteiger partial charge in [-0.25, -0.2) is 9.78 Å². The van der Waals surface area contributed by atoms with Gasteiger partial charge in [0.15, 0.2) is 5.82 Å². The molecule has 0 bridgehead atoms.